The maximum absolute atomic E-state index is 12.8. The van der Waals surface area contributed by atoms with Crippen LogP contribution in [0.1, 0.15) is 11.1 Å². The molecule has 0 radical (unpaired) electrons. The van der Waals surface area contributed by atoms with Crippen LogP contribution in [-0.4, -0.2) is 23.2 Å². The fourth-order valence-electron chi connectivity index (χ4n) is 2.47. The normalized spacial score (nSPS) is 15.3. The van der Waals surface area contributed by atoms with Crippen molar-refractivity contribution in [2.75, 3.05) is 7.11 Å². The van der Waals surface area contributed by atoms with E-state index < -0.39 is 39.2 Å². The Morgan fingerprint density at radius 1 is 1.10 bits per heavy atom. The first kappa shape index (κ1) is 21.2. The number of halogens is 3. The maximum atomic E-state index is 12.8. The summed E-state index contributed by atoms with van der Waals surface area (Å²) < 4.78 is 49.1. The Morgan fingerprint density at radius 2 is 1.80 bits per heavy atom. The number of benzene rings is 2. The number of hydrogen-bond donors (Lipinski definition) is 1. The summed E-state index contributed by atoms with van der Waals surface area (Å²) in [6.07, 6.45) is -3.32. The molecule has 0 bridgehead atoms. The Kier molecular flexibility index (Phi) is 5.69. The van der Waals surface area contributed by atoms with Gasteiger partial charge in [0, 0.05) is 6.07 Å². The predicted octanol–water partition coefficient (Wildman–Crippen LogP) is 4.74. The molecule has 0 saturated carbocycles. The molecule has 0 atom stereocenters. The second kappa shape index (κ2) is 8.06. The van der Waals surface area contributed by atoms with E-state index in [1.165, 1.54) is 31.4 Å². The van der Waals surface area contributed by atoms with Crippen molar-refractivity contribution in [2.24, 2.45) is 0 Å². The molecule has 3 rings (SSSR count). The SMILES string of the molecule is COc1cc(/C=C2/SC(=O)NC2=O)ccc1Oc1ccc(C(F)(F)F)cc1[N+](=O)[O-]. The van der Waals surface area contributed by atoms with Gasteiger partial charge in [0.15, 0.2) is 11.5 Å². The Hall–Kier alpha value is -3.54. The number of nitrogens with one attached hydrogen (secondary N) is 1. The third-order valence-corrected chi connectivity index (χ3v) is 4.64. The van der Waals surface area contributed by atoms with Gasteiger partial charge in [-0.1, -0.05) is 6.07 Å². The quantitative estimate of drug-likeness (QED) is 0.407. The summed E-state index contributed by atoms with van der Waals surface area (Å²) in [7, 11) is 1.29. The highest BCUT2D eigenvalue weighted by Crippen LogP contribution is 2.40. The first-order valence-corrected chi connectivity index (χ1v) is 8.86. The van der Waals surface area contributed by atoms with Gasteiger partial charge in [0.05, 0.1) is 22.5 Å². The molecule has 1 heterocycles. The number of carbonyl (C=O) groups excluding carboxylic acids is 2. The number of rotatable bonds is 5. The summed E-state index contributed by atoms with van der Waals surface area (Å²) in [5.74, 6) is -0.853. The predicted molar refractivity (Wildman–Crippen MR) is 100 cm³/mol. The van der Waals surface area contributed by atoms with Crippen LogP contribution in [0, 0.1) is 10.1 Å². The lowest BCUT2D eigenvalue weighted by Gasteiger charge is -2.13. The number of nitro benzene ring substituents is 1. The fraction of sp³-hybridized carbons (Fsp3) is 0.111. The number of nitrogens with zero attached hydrogens (tertiary/aromatic N) is 1. The van der Waals surface area contributed by atoms with Crippen molar-refractivity contribution in [3.05, 3.63) is 62.5 Å². The first-order valence-electron chi connectivity index (χ1n) is 8.05. The van der Waals surface area contributed by atoms with Crippen molar-refractivity contribution in [1.29, 1.82) is 0 Å². The molecule has 2 aromatic carbocycles. The van der Waals surface area contributed by atoms with Crippen LogP contribution in [0.3, 0.4) is 0 Å². The van der Waals surface area contributed by atoms with Crippen molar-refractivity contribution < 1.29 is 37.2 Å². The molecule has 0 aromatic heterocycles. The Balaban J connectivity index is 1.94. The maximum Gasteiger partial charge on any atom is 0.416 e. The van der Waals surface area contributed by atoms with E-state index >= 15 is 0 Å². The molecular weight excluding hydrogens is 429 g/mol. The number of ether oxygens (including phenoxy) is 2. The molecule has 12 heteroatoms. The molecule has 1 saturated heterocycles. The Bertz CT molecular complexity index is 1080. The van der Waals surface area contributed by atoms with E-state index in [2.05, 4.69) is 5.32 Å². The number of imide groups is 1. The Morgan fingerprint density at radius 3 is 2.37 bits per heavy atom. The van der Waals surface area contributed by atoms with Gasteiger partial charge >= 0.3 is 11.9 Å². The minimum atomic E-state index is -4.75. The van der Waals surface area contributed by atoms with Crippen molar-refractivity contribution in [2.45, 2.75) is 6.18 Å². The molecule has 0 spiro atoms. The smallest absolute Gasteiger partial charge is 0.416 e. The van der Waals surface area contributed by atoms with E-state index in [1.807, 2.05) is 0 Å². The van der Waals surface area contributed by atoms with Gasteiger partial charge in [-0.2, -0.15) is 13.2 Å². The second-order valence-corrected chi connectivity index (χ2v) is 6.82. The minimum Gasteiger partial charge on any atom is -0.493 e. The average Bonchev–Trinajstić information content (AvgIpc) is 2.98. The largest absolute Gasteiger partial charge is 0.493 e. The van der Waals surface area contributed by atoms with Crippen molar-refractivity contribution in [3.63, 3.8) is 0 Å². The third-order valence-electron chi connectivity index (χ3n) is 3.83. The van der Waals surface area contributed by atoms with Crippen molar-refractivity contribution in [1.82, 2.24) is 5.32 Å². The van der Waals surface area contributed by atoms with E-state index in [-0.39, 0.29) is 16.4 Å². The second-order valence-electron chi connectivity index (χ2n) is 5.80. The van der Waals surface area contributed by atoms with E-state index in [0.717, 1.165) is 17.8 Å². The van der Waals surface area contributed by atoms with Gasteiger partial charge in [0.25, 0.3) is 11.1 Å². The van der Waals surface area contributed by atoms with Crippen LogP contribution < -0.4 is 14.8 Å². The van der Waals surface area contributed by atoms with Crippen LogP contribution in [-0.2, 0) is 11.0 Å². The number of alkyl halides is 3. The molecule has 0 unspecified atom stereocenters. The number of amides is 2. The van der Waals surface area contributed by atoms with Gasteiger partial charge in [0.1, 0.15) is 0 Å². The van der Waals surface area contributed by atoms with Crippen LogP contribution in [0.2, 0.25) is 0 Å². The lowest BCUT2D eigenvalue weighted by atomic mass is 10.1. The lowest BCUT2D eigenvalue weighted by Crippen LogP contribution is -2.17. The summed E-state index contributed by atoms with van der Waals surface area (Å²) >= 11 is 0.720. The van der Waals surface area contributed by atoms with E-state index in [9.17, 15) is 32.9 Å². The van der Waals surface area contributed by atoms with Crippen LogP contribution in [0.25, 0.3) is 6.08 Å². The van der Waals surface area contributed by atoms with Crippen LogP contribution in [0.4, 0.5) is 23.7 Å². The topological polar surface area (TPSA) is 108 Å². The standard InChI is InChI=1S/C18H11F3N2O6S/c1-28-14-6-9(7-15-16(24)22-17(25)30-15)2-4-13(14)29-12-5-3-10(18(19,20)21)8-11(12)23(26)27/h2-8H,1H3,(H,22,24,25)/b15-7+. The monoisotopic (exact) mass is 440 g/mol. The Labute approximate surface area is 170 Å². The van der Waals surface area contributed by atoms with E-state index in [4.69, 9.17) is 9.47 Å². The number of carbonyl (C=O) groups is 2. The van der Waals surface area contributed by atoms with Gasteiger partial charge in [-0.25, -0.2) is 0 Å². The number of hydrogen-bond acceptors (Lipinski definition) is 7. The summed E-state index contributed by atoms with van der Waals surface area (Å²) in [5.41, 5.74) is -1.58. The zero-order valence-corrected chi connectivity index (χ0v) is 15.8. The highest BCUT2D eigenvalue weighted by Gasteiger charge is 2.33. The lowest BCUT2D eigenvalue weighted by molar-refractivity contribution is -0.385. The van der Waals surface area contributed by atoms with Gasteiger partial charge in [-0.3, -0.25) is 25.0 Å². The molecule has 30 heavy (non-hydrogen) atoms. The molecule has 1 aliphatic rings. The molecule has 1 N–H and O–H groups in total. The molecule has 0 aliphatic carbocycles. The fourth-order valence-corrected chi connectivity index (χ4v) is 3.15. The summed E-state index contributed by atoms with van der Waals surface area (Å²) in [6.45, 7) is 0. The van der Waals surface area contributed by atoms with Crippen molar-refractivity contribution in [3.8, 4) is 17.2 Å². The summed E-state index contributed by atoms with van der Waals surface area (Å²) in [5, 5.41) is 12.8. The first-order chi connectivity index (χ1) is 14.1. The molecule has 2 aromatic rings. The van der Waals surface area contributed by atoms with Gasteiger partial charge in [-0.15, -0.1) is 0 Å². The van der Waals surface area contributed by atoms with Crippen molar-refractivity contribution >= 4 is 34.7 Å². The average molecular weight is 440 g/mol. The minimum absolute atomic E-state index is 0.00196. The van der Waals surface area contributed by atoms with Crippen LogP contribution in [0.15, 0.2) is 41.3 Å². The highest BCUT2D eigenvalue weighted by molar-refractivity contribution is 8.18. The summed E-state index contributed by atoms with van der Waals surface area (Å²) in [4.78, 5) is 33.2. The van der Waals surface area contributed by atoms with Gasteiger partial charge in [0.2, 0.25) is 5.75 Å². The summed E-state index contributed by atoms with van der Waals surface area (Å²) in [6, 6.07) is 6.19. The zero-order chi connectivity index (χ0) is 22.1. The molecule has 156 valence electrons. The highest BCUT2D eigenvalue weighted by atomic mass is 32.2. The van der Waals surface area contributed by atoms with Gasteiger partial charge in [-0.05, 0) is 47.7 Å². The van der Waals surface area contributed by atoms with Crippen LogP contribution in [0.5, 0.6) is 17.2 Å². The van der Waals surface area contributed by atoms with Gasteiger partial charge < -0.3 is 9.47 Å². The number of thioether (sulfide) groups is 1. The van der Waals surface area contributed by atoms with E-state index in [0.29, 0.717) is 17.7 Å². The molecule has 1 fully saturated rings. The number of nitro groups is 1. The number of methoxy groups -OCH3 is 1. The zero-order valence-electron chi connectivity index (χ0n) is 15.0. The third kappa shape index (κ3) is 4.54. The van der Waals surface area contributed by atoms with Crippen LogP contribution >= 0.6 is 11.8 Å². The molecule has 2 amide bonds. The molecule has 1 aliphatic heterocycles. The van der Waals surface area contributed by atoms with E-state index in [1.54, 1.807) is 0 Å². The molecular formula is C18H11F3N2O6S. The molecule has 8 nitrogen and oxygen atoms in total.